The van der Waals surface area contributed by atoms with E-state index in [0.29, 0.717) is 25.0 Å². The van der Waals surface area contributed by atoms with Crippen LogP contribution in [0.5, 0.6) is 0 Å². The summed E-state index contributed by atoms with van der Waals surface area (Å²) >= 11 is 0. The maximum atomic E-state index is 10.9. The molecule has 4 nitrogen and oxygen atoms in total. The quantitative estimate of drug-likeness (QED) is 0.404. The van der Waals surface area contributed by atoms with Gasteiger partial charge in [0.15, 0.2) is 0 Å². The standard InChI is InChI=1S/C10H15NO3/c1-7(11-14)8-3-5-10(2,6-4-8)9(12)13/h3,14H,4-6H2,1-2H3,(H,12,13)/b11-7+. The first-order valence-electron chi connectivity index (χ1n) is 4.61. The lowest BCUT2D eigenvalue weighted by molar-refractivity contribution is -0.148. The van der Waals surface area contributed by atoms with E-state index >= 15 is 0 Å². The molecule has 4 heteroatoms. The van der Waals surface area contributed by atoms with Gasteiger partial charge in [0.2, 0.25) is 0 Å². The molecule has 0 aliphatic heterocycles. The van der Waals surface area contributed by atoms with Gasteiger partial charge in [0.25, 0.3) is 0 Å². The summed E-state index contributed by atoms with van der Waals surface area (Å²) in [7, 11) is 0. The fourth-order valence-corrected chi connectivity index (χ4v) is 1.55. The molecule has 0 heterocycles. The highest BCUT2D eigenvalue weighted by Gasteiger charge is 2.34. The number of hydrogen-bond acceptors (Lipinski definition) is 3. The number of carboxylic acid groups (broad SMARTS) is 1. The van der Waals surface area contributed by atoms with Crippen LogP contribution in [0, 0.1) is 5.41 Å². The van der Waals surface area contributed by atoms with Crippen LogP contribution in [0.25, 0.3) is 0 Å². The molecule has 0 spiro atoms. The van der Waals surface area contributed by atoms with Gasteiger partial charge >= 0.3 is 5.97 Å². The van der Waals surface area contributed by atoms with Crippen LogP contribution in [0.1, 0.15) is 33.1 Å². The summed E-state index contributed by atoms with van der Waals surface area (Å²) < 4.78 is 0. The zero-order chi connectivity index (χ0) is 10.8. The largest absolute Gasteiger partial charge is 0.481 e. The molecule has 0 amide bonds. The van der Waals surface area contributed by atoms with Crippen molar-refractivity contribution in [2.24, 2.45) is 10.6 Å². The van der Waals surface area contributed by atoms with Crippen molar-refractivity contribution in [1.29, 1.82) is 0 Å². The Morgan fingerprint density at radius 3 is 2.64 bits per heavy atom. The molecule has 0 saturated carbocycles. The Hall–Kier alpha value is -1.32. The van der Waals surface area contributed by atoms with E-state index in [4.69, 9.17) is 10.3 Å². The number of carboxylic acids is 1. The fourth-order valence-electron chi connectivity index (χ4n) is 1.55. The van der Waals surface area contributed by atoms with E-state index in [-0.39, 0.29) is 0 Å². The molecule has 0 saturated heterocycles. The molecule has 0 aromatic carbocycles. The van der Waals surface area contributed by atoms with E-state index in [2.05, 4.69) is 5.16 Å². The zero-order valence-corrected chi connectivity index (χ0v) is 8.45. The molecular weight excluding hydrogens is 182 g/mol. The van der Waals surface area contributed by atoms with Crippen LogP contribution in [0.15, 0.2) is 16.8 Å². The van der Waals surface area contributed by atoms with Crippen molar-refractivity contribution in [2.45, 2.75) is 33.1 Å². The topological polar surface area (TPSA) is 69.9 Å². The molecule has 1 atom stereocenters. The summed E-state index contributed by atoms with van der Waals surface area (Å²) in [5, 5.41) is 20.6. The Balaban J connectivity index is 2.78. The summed E-state index contributed by atoms with van der Waals surface area (Å²) in [4.78, 5) is 10.9. The third-order valence-electron chi connectivity index (χ3n) is 2.88. The summed E-state index contributed by atoms with van der Waals surface area (Å²) in [6.07, 6.45) is 3.62. The summed E-state index contributed by atoms with van der Waals surface area (Å²) in [6, 6.07) is 0. The average molecular weight is 197 g/mol. The highest BCUT2D eigenvalue weighted by Crippen LogP contribution is 2.35. The number of nitrogens with zero attached hydrogens (tertiary/aromatic N) is 1. The van der Waals surface area contributed by atoms with Gasteiger partial charge in [-0.3, -0.25) is 4.79 Å². The van der Waals surface area contributed by atoms with E-state index in [1.807, 2.05) is 6.08 Å². The molecule has 0 fully saturated rings. The van der Waals surface area contributed by atoms with Crippen molar-refractivity contribution in [2.75, 3.05) is 0 Å². The van der Waals surface area contributed by atoms with Crippen molar-refractivity contribution in [1.82, 2.24) is 0 Å². The van der Waals surface area contributed by atoms with Crippen LogP contribution in [-0.2, 0) is 4.79 Å². The third-order valence-corrected chi connectivity index (χ3v) is 2.88. The monoisotopic (exact) mass is 197 g/mol. The van der Waals surface area contributed by atoms with E-state index < -0.39 is 11.4 Å². The molecule has 1 rings (SSSR count). The molecular formula is C10H15NO3. The lowest BCUT2D eigenvalue weighted by Crippen LogP contribution is -2.29. The third kappa shape index (κ3) is 1.95. The van der Waals surface area contributed by atoms with Gasteiger partial charge < -0.3 is 10.3 Å². The average Bonchev–Trinajstić information content (AvgIpc) is 2.17. The Labute approximate surface area is 82.9 Å². The van der Waals surface area contributed by atoms with E-state index in [1.54, 1.807) is 13.8 Å². The van der Waals surface area contributed by atoms with Crippen molar-refractivity contribution in [3.8, 4) is 0 Å². The number of carbonyl (C=O) groups is 1. The summed E-state index contributed by atoms with van der Waals surface area (Å²) in [5.74, 6) is -0.758. The minimum atomic E-state index is -0.758. The van der Waals surface area contributed by atoms with Gasteiger partial charge in [-0.1, -0.05) is 11.2 Å². The number of hydrogen-bond donors (Lipinski definition) is 2. The number of allylic oxidation sites excluding steroid dienone is 2. The molecule has 1 aliphatic rings. The highest BCUT2D eigenvalue weighted by molar-refractivity contribution is 5.98. The van der Waals surface area contributed by atoms with E-state index in [9.17, 15) is 4.79 Å². The molecule has 2 N–H and O–H groups in total. The highest BCUT2D eigenvalue weighted by atomic mass is 16.4. The van der Waals surface area contributed by atoms with Gasteiger partial charge in [0.05, 0.1) is 11.1 Å². The van der Waals surface area contributed by atoms with Gasteiger partial charge in [0.1, 0.15) is 0 Å². The van der Waals surface area contributed by atoms with Crippen LogP contribution in [0.4, 0.5) is 0 Å². The fraction of sp³-hybridized carbons (Fsp3) is 0.600. The second-order valence-electron chi connectivity index (χ2n) is 3.98. The number of rotatable bonds is 2. The molecule has 0 aromatic rings. The molecule has 1 aliphatic carbocycles. The second kappa shape index (κ2) is 3.82. The second-order valence-corrected chi connectivity index (χ2v) is 3.98. The van der Waals surface area contributed by atoms with E-state index in [1.165, 1.54) is 0 Å². The maximum Gasteiger partial charge on any atom is 0.309 e. The maximum absolute atomic E-state index is 10.9. The lowest BCUT2D eigenvalue weighted by atomic mass is 9.76. The SMILES string of the molecule is C/C(=N\O)C1=CCC(C)(C(=O)O)CC1. The Morgan fingerprint density at radius 2 is 2.29 bits per heavy atom. The number of oxime groups is 1. The number of aliphatic carboxylic acids is 1. The molecule has 0 bridgehead atoms. The molecule has 14 heavy (non-hydrogen) atoms. The van der Waals surface area contributed by atoms with Gasteiger partial charge in [-0.25, -0.2) is 0 Å². The lowest BCUT2D eigenvalue weighted by Gasteiger charge is -2.28. The Kier molecular flexibility index (Phi) is 2.93. The smallest absolute Gasteiger partial charge is 0.309 e. The predicted molar refractivity (Wildman–Crippen MR) is 52.6 cm³/mol. The first-order valence-corrected chi connectivity index (χ1v) is 4.61. The van der Waals surface area contributed by atoms with Gasteiger partial charge in [0, 0.05) is 0 Å². The summed E-state index contributed by atoms with van der Waals surface area (Å²) in [6.45, 7) is 3.46. The molecule has 0 aromatic heterocycles. The van der Waals surface area contributed by atoms with Crippen LogP contribution in [-0.4, -0.2) is 22.0 Å². The minimum Gasteiger partial charge on any atom is -0.481 e. The Morgan fingerprint density at radius 1 is 1.64 bits per heavy atom. The van der Waals surface area contributed by atoms with Crippen LogP contribution < -0.4 is 0 Å². The van der Waals surface area contributed by atoms with Crippen molar-refractivity contribution in [3.63, 3.8) is 0 Å². The van der Waals surface area contributed by atoms with E-state index in [0.717, 1.165) is 5.57 Å². The van der Waals surface area contributed by atoms with Gasteiger partial charge in [-0.2, -0.15) is 0 Å². The first-order chi connectivity index (χ1) is 6.49. The first kappa shape index (κ1) is 10.8. The van der Waals surface area contributed by atoms with Crippen LogP contribution in [0.2, 0.25) is 0 Å². The van der Waals surface area contributed by atoms with Crippen LogP contribution >= 0.6 is 0 Å². The van der Waals surface area contributed by atoms with Crippen molar-refractivity contribution >= 4 is 11.7 Å². The Bertz CT molecular complexity index is 306. The molecule has 78 valence electrons. The summed E-state index contributed by atoms with van der Waals surface area (Å²) in [5.41, 5.74) is 0.878. The van der Waals surface area contributed by atoms with Gasteiger partial charge in [-0.05, 0) is 38.7 Å². The van der Waals surface area contributed by atoms with Gasteiger partial charge in [-0.15, -0.1) is 0 Å². The zero-order valence-electron chi connectivity index (χ0n) is 8.45. The predicted octanol–water partition coefficient (Wildman–Crippen LogP) is 2.04. The van der Waals surface area contributed by atoms with Crippen molar-refractivity contribution in [3.05, 3.63) is 11.6 Å². The molecule has 1 unspecified atom stereocenters. The van der Waals surface area contributed by atoms with Crippen molar-refractivity contribution < 1.29 is 15.1 Å². The minimum absolute atomic E-state index is 0.504. The normalized spacial score (nSPS) is 28.4. The molecule has 0 radical (unpaired) electrons. The van der Waals surface area contributed by atoms with Crippen LogP contribution in [0.3, 0.4) is 0 Å².